The Morgan fingerprint density at radius 1 is 1.31 bits per heavy atom. The first-order valence-electron chi connectivity index (χ1n) is 8.64. The number of nitrogens with zero attached hydrogens (tertiary/aromatic N) is 6. The highest BCUT2D eigenvalue weighted by molar-refractivity contribution is 7.99. The van der Waals surface area contributed by atoms with Gasteiger partial charge in [0, 0.05) is 38.6 Å². The van der Waals surface area contributed by atoms with Crippen molar-refractivity contribution in [3.05, 3.63) is 42.7 Å². The summed E-state index contributed by atoms with van der Waals surface area (Å²) < 4.78 is 7.76. The molecular weight excluding hydrogens is 350 g/mol. The number of anilines is 1. The minimum absolute atomic E-state index is 0.396. The van der Waals surface area contributed by atoms with Gasteiger partial charge in [-0.25, -0.2) is 9.97 Å². The molecule has 0 aromatic carbocycles. The zero-order valence-corrected chi connectivity index (χ0v) is 15.4. The molecule has 1 unspecified atom stereocenters. The lowest BCUT2D eigenvalue weighted by molar-refractivity contribution is 0.372. The average Bonchev–Trinajstić information content (AvgIpc) is 3.30. The molecule has 0 amide bonds. The Morgan fingerprint density at radius 2 is 2.19 bits per heavy atom. The van der Waals surface area contributed by atoms with Crippen LogP contribution < -0.4 is 10.2 Å². The summed E-state index contributed by atoms with van der Waals surface area (Å²) in [6, 6.07) is 6.22. The monoisotopic (exact) mass is 371 g/mol. The molecule has 4 rings (SSSR count). The number of aromatic nitrogens is 5. The van der Waals surface area contributed by atoms with Gasteiger partial charge in [0.05, 0.1) is 6.54 Å². The molecule has 3 aromatic heterocycles. The zero-order valence-electron chi connectivity index (χ0n) is 14.6. The highest BCUT2D eigenvalue weighted by atomic mass is 32.2. The van der Waals surface area contributed by atoms with Gasteiger partial charge in [-0.15, -0.1) is 10.2 Å². The minimum Gasteiger partial charge on any atom is -0.453 e. The fourth-order valence-electron chi connectivity index (χ4n) is 2.99. The van der Waals surface area contributed by atoms with Crippen molar-refractivity contribution in [1.82, 2.24) is 30.0 Å². The number of piperidine rings is 1. The molecule has 1 aliphatic rings. The van der Waals surface area contributed by atoms with Crippen LogP contribution in [-0.4, -0.2) is 43.9 Å². The topological polar surface area (TPSA) is 84.9 Å². The van der Waals surface area contributed by atoms with E-state index in [9.17, 15) is 0 Å². The molecule has 9 heteroatoms. The van der Waals surface area contributed by atoms with Crippen LogP contribution in [0.2, 0.25) is 0 Å². The van der Waals surface area contributed by atoms with Gasteiger partial charge < -0.3 is 19.2 Å². The summed E-state index contributed by atoms with van der Waals surface area (Å²) in [5, 5.41) is 13.2. The van der Waals surface area contributed by atoms with E-state index < -0.39 is 0 Å². The largest absolute Gasteiger partial charge is 0.453 e. The van der Waals surface area contributed by atoms with Gasteiger partial charge in [-0.2, -0.15) is 0 Å². The Labute approximate surface area is 156 Å². The van der Waals surface area contributed by atoms with E-state index in [-0.39, 0.29) is 0 Å². The average molecular weight is 371 g/mol. The second kappa shape index (κ2) is 7.88. The summed E-state index contributed by atoms with van der Waals surface area (Å²) in [5.74, 6) is 1.72. The first kappa shape index (κ1) is 17.0. The molecular formula is C17H21N7OS. The van der Waals surface area contributed by atoms with Crippen LogP contribution in [-0.2, 0) is 13.6 Å². The van der Waals surface area contributed by atoms with Crippen LogP contribution in [0.25, 0.3) is 0 Å². The molecule has 26 heavy (non-hydrogen) atoms. The van der Waals surface area contributed by atoms with Crippen LogP contribution in [0, 0.1) is 0 Å². The fourth-order valence-corrected chi connectivity index (χ4v) is 3.73. The van der Waals surface area contributed by atoms with E-state index in [4.69, 9.17) is 4.42 Å². The van der Waals surface area contributed by atoms with Crippen molar-refractivity contribution in [3.63, 3.8) is 0 Å². The molecule has 0 spiro atoms. The van der Waals surface area contributed by atoms with Gasteiger partial charge in [-0.3, -0.25) is 0 Å². The van der Waals surface area contributed by atoms with Gasteiger partial charge in [0.1, 0.15) is 12.1 Å². The highest BCUT2D eigenvalue weighted by Gasteiger charge is 2.21. The number of furan rings is 1. The Morgan fingerprint density at radius 3 is 3.00 bits per heavy atom. The fraction of sp³-hybridized carbons (Fsp3) is 0.412. The first-order chi connectivity index (χ1) is 12.8. The molecule has 1 atom stereocenters. The Balaban J connectivity index is 1.31. The molecule has 136 valence electrons. The maximum absolute atomic E-state index is 5.90. The van der Waals surface area contributed by atoms with Gasteiger partial charge in [0.15, 0.2) is 10.2 Å². The van der Waals surface area contributed by atoms with Gasteiger partial charge in [0.2, 0.25) is 5.95 Å². The smallest absolute Gasteiger partial charge is 0.225 e. The highest BCUT2D eigenvalue weighted by Crippen LogP contribution is 2.27. The molecule has 8 nitrogen and oxygen atoms in total. The van der Waals surface area contributed by atoms with Crippen molar-refractivity contribution in [2.45, 2.75) is 35.7 Å². The van der Waals surface area contributed by atoms with E-state index >= 15 is 0 Å². The van der Waals surface area contributed by atoms with E-state index in [1.165, 1.54) is 11.8 Å². The van der Waals surface area contributed by atoms with Crippen LogP contribution >= 0.6 is 11.8 Å². The Kier molecular flexibility index (Phi) is 5.16. The third-order valence-corrected chi connectivity index (χ3v) is 5.29. The third-order valence-electron chi connectivity index (χ3n) is 4.32. The molecule has 1 aliphatic heterocycles. The van der Waals surface area contributed by atoms with Crippen molar-refractivity contribution in [2.75, 3.05) is 18.0 Å². The van der Waals surface area contributed by atoms with E-state index in [0.717, 1.165) is 47.9 Å². The van der Waals surface area contributed by atoms with E-state index in [2.05, 4.69) is 30.4 Å². The lowest BCUT2D eigenvalue weighted by Crippen LogP contribution is -2.46. The second-order valence-corrected chi connectivity index (χ2v) is 7.23. The van der Waals surface area contributed by atoms with Crippen molar-refractivity contribution in [3.8, 4) is 0 Å². The van der Waals surface area contributed by atoms with Crippen molar-refractivity contribution >= 4 is 17.7 Å². The van der Waals surface area contributed by atoms with Gasteiger partial charge in [0.25, 0.3) is 0 Å². The molecule has 3 aromatic rings. The SMILES string of the molecule is Cn1cnnc1Sc1ccc(CNC2CCCN(c3ncccn3)C2)o1. The van der Waals surface area contributed by atoms with Crippen LogP contribution in [0.4, 0.5) is 5.95 Å². The predicted molar refractivity (Wildman–Crippen MR) is 97.9 cm³/mol. The van der Waals surface area contributed by atoms with E-state index in [1.54, 1.807) is 18.7 Å². The quantitative estimate of drug-likeness (QED) is 0.705. The first-order valence-corrected chi connectivity index (χ1v) is 9.45. The molecule has 4 heterocycles. The number of aryl methyl sites for hydroxylation is 1. The predicted octanol–water partition coefficient (Wildman–Crippen LogP) is 2.11. The summed E-state index contributed by atoms with van der Waals surface area (Å²) in [6.45, 7) is 2.61. The van der Waals surface area contributed by atoms with Crippen LogP contribution in [0.15, 0.2) is 51.6 Å². The van der Waals surface area contributed by atoms with Gasteiger partial charge in [-0.1, -0.05) is 0 Å². The maximum Gasteiger partial charge on any atom is 0.225 e. The summed E-state index contributed by atoms with van der Waals surface area (Å²) in [6.07, 6.45) is 7.53. The maximum atomic E-state index is 5.90. The molecule has 0 aliphatic carbocycles. The third kappa shape index (κ3) is 4.05. The Bertz CT molecular complexity index is 835. The number of nitrogens with one attached hydrogen (secondary N) is 1. The molecule has 1 saturated heterocycles. The summed E-state index contributed by atoms with van der Waals surface area (Å²) in [5.41, 5.74) is 0. The second-order valence-electron chi connectivity index (χ2n) is 6.26. The van der Waals surface area contributed by atoms with Gasteiger partial charge >= 0.3 is 0 Å². The zero-order chi connectivity index (χ0) is 17.8. The molecule has 0 radical (unpaired) electrons. The molecule has 0 saturated carbocycles. The molecule has 1 fully saturated rings. The van der Waals surface area contributed by atoms with Crippen molar-refractivity contribution in [1.29, 1.82) is 0 Å². The number of hydrogen-bond acceptors (Lipinski definition) is 8. The van der Waals surface area contributed by atoms with E-state index in [1.807, 2.05) is 29.8 Å². The normalized spacial score (nSPS) is 17.6. The van der Waals surface area contributed by atoms with E-state index in [0.29, 0.717) is 12.6 Å². The summed E-state index contributed by atoms with van der Waals surface area (Å²) >= 11 is 1.47. The lowest BCUT2D eigenvalue weighted by Gasteiger charge is -2.33. The number of hydrogen-bond donors (Lipinski definition) is 1. The van der Waals surface area contributed by atoms with Crippen LogP contribution in [0.1, 0.15) is 18.6 Å². The standard InChI is InChI=1S/C17H21N7OS/c1-23-12-21-22-17(23)26-15-6-5-14(25-15)10-20-13-4-2-9-24(11-13)16-18-7-3-8-19-16/h3,5-8,12-13,20H,2,4,9-11H2,1H3. The Hall–Kier alpha value is -2.39. The van der Waals surface area contributed by atoms with Crippen molar-refractivity contribution < 1.29 is 4.42 Å². The minimum atomic E-state index is 0.396. The summed E-state index contributed by atoms with van der Waals surface area (Å²) in [4.78, 5) is 10.9. The van der Waals surface area contributed by atoms with Crippen LogP contribution in [0.3, 0.4) is 0 Å². The van der Waals surface area contributed by atoms with Crippen LogP contribution in [0.5, 0.6) is 0 Å². The van der Waals surface area contributed by atoms with Gasteiger partial charge in [-0.05, 0) is 42.8 Å². The van der Waals surface area contributed by atoms with Crippen molar-refractivity contribution in [2.24, 2.45) is 7.05 Å². The summed E-state index contributed by atoms with van der Waals surface area (Å²) in [7, 11) is 1.92. The molecule has 0 bridgehead atoms. The lowest BCUT2D eigenvalue weighted by atomic mass is 10.1. The number of rotatable bonds is 6. The molecule has 1 N–H and O–H groups in total.